The van der Waals surface area contributed by atoms with Gasteiger partial charge in [-0.2, -0.15) is 0 Å². The predicted octanol–water partition coefficient (Wildman–Crippen LogP) is 1.26. The van der Waals surface area contributed by atoms with Crippen molar-refractivity contribution in [2.24, 2.45) is 0 Å². The largest absolute Gasteiger partial charge is 0.388 e. The van der Waals surface area contributed by atoms with Crippen LogP contribution in [0.1, 0.15) is 46.5 Å². The molecule has 1 unspecified atom stereocenters. The normalized spacial score (nSPS) is 20.9. The first-order valence-electron chi connectivity index (χ1n) is 6.31. The summed E-state index contributed by atoms with van der Waals surface area (Å²) >= 11 is 0. The number of nitrogens with zero attached hydrogens (tertiary/aromatic N) is 1. The number of hydrogen-bond acceptors (Lipinski definition) is 3. The first-order chi connectivity index (χ1) is 7.97. The van der Waals surface area contributed by atoms with E-state index in [0.717, 1.165) is 11.3 Å². The zero-order valence-corrected chi connectivity index (χ0v) is 10.8. The van der Waals surface area contributed by atoms with Gasteiger partial charge in [-0.1, -0.05) is 27.2 Å². The lowest BCUT2D eigenvalue weighted by Crippen LogP contribution is -2.45. The Kier molecular flexibility index (Phi) is 4.51. The fraction of sp³-hybridized carbons (Fsp3) is 0.833. The zero-order valence-electron chi connectivity index (χ0n) is 10.8. The quantitative estimate of drug-likeness (QED) is 0.689. The minimum atomic E-state index is -0.964. The molecule has 3 amide bonds. The standard InChI is InChI=1S/C12H22N2O3/c1-4-7-9-10(15)14(11(16)13-9)8-12(17,5-2)6-3/h9,17H,4-8H2,1-3H3,(H,13,16). The Morgan fingerprint density at radius 3 is 2.35 bits per heavy atom. The summed E-state index contributed by atoms with van der Waals surface area (Å²) in [5.41, 5.74) is -0.964. The van der Waals surface area contributed by atoms with Crippen molar-refractivity contribution in [3.8, 4) is 0 Å². The molecule has 1 heterocycles. The molecule has 0 radical (unpaired) electrons. The minimum absolute atomic E-state index is 0.0882. The van der Waals surface area contributed by atoms with Crippen molar-refractivity contribution in [3.63, 3.8) is 0 Å². The highest BCUT2D eigenvalue weighted by Crippen LogP contribution is 2.20. The lowest BCUT2D eigenvalue weighted by atomic mass is 9.97. The Labute approximate surface area is 102 Å². The van der Waals surface area contributed by atoms with Gasteiger partial charge in [-0.25, -0.2) is 4.79 Å². The van der Waals surface area contributed by atoms with Crippen LogP contribution in [-0.4, -0.2) is 40.1 Å². The van der Waals surface area contributed by atoms with Gasteiger partial charge in [0.1, 0.15) is 6.04 Å². The van der Waals surface area contributed by atoms with Crippen molar-refractivity contribution in [1.82, 2.24) is 10.2 Å². The number of rotatable bonds is 6. The van der Waals surface area contributed by atoms with E-state index in [9.17, 15) is 14.7 Å². The highest BCUT2D eigenvalue weighted by molar-refractivity contribution is 6.04. The molecule has 17 heavy (non-hydrogen) atoms. The van der Waals surface area contributed by atoms with E-state index in [-0.39, 0.29) is 18.5 Å². The Morgan fingerprint density at radius 2 is 1.88 bits per heavy atom. The van der Waals surface area contributed by atoms with Crippen molar-refractivity contribution < 1.29 is 14.7 Å². The van der Waals surface area contributed by atoms with Crippen LogP contribution in [0.4, 0.5) is 4.79 Å². The molecule has 2 N–H and O–H groups in total. The first-order valence-corrected chi connectivity index (χ1v) is 6.31. The number of amides is 3. The molecular weight excluding hydrogens is 220 g/mol. The van der Waals surface area contributed by atoms with Gasteiger partial charge in [0.25, 0.3) is 5.91 Å². The Morgan fingerprint density at radius 1 is 1.29 bits per heavy atom. The number of carbonyl (C=O) groups excluding carboxylic acids is 2. The summed E-state index contributed by atoms with van der Waals surface area (Å²) in [7, 11) is 0. The van der Waals surface area contributed by atoms with E-state index in [0.29, 0.717) is 19.3 Å². The molecule has 0 aromatic heterocycles. The first kappa shape index (κ1) is 14.0. The smallest absolute Gasteiger partial charge is 0.324 e. The number of aliphatic hydroxyl groups is 1. The monoisotopic (exact) mass is 242 g/mol. The fourth-order valence-corrected chi connectivity index (χ4v) is 1.98. The SMILES string of the molecule is CCCC1NC(=O)N(CC(O)(CC)CC)C1=O. The molecule has 1 saturated heterocycles. The molecule has 1 aliphatic rings. The van der Waals surface area contributed by atoms with E-state index in [1.54, 1.807) is 0 Å². The van der Waals surface area contributed by atoms with Crippen LogP contribution in [-0.2, 0) is 4.79 Å². The summed E-state index contributed by atoms with van der Waals surface area (Å²) in [4.78, 5) is 24.8. The Balaban J connectivity index is 2.72. The van der Waals surface area contributed by atoms with Gasteiger partial charge in [0.05, 0.1) is 12.1 Å². The van der Waals surface area contributed by atoms with Gasteiger partial charge in [-0.3, -0.25) is 9.69 Å². The molecule has 1 atom stereocenters. The topological polar surface area (TPSA) is 69.6 Å². The molecule has 0 aromatic rings. The van der Waals surface area contributed by atoms with Gasteiger partial charge in [0.2, 0.25) is 0 Å². The lowest BCUT2D eigenvalue weighted by Gasteiger charge is -2.28. The van der Waals surface area contributed by atoms with Crippen LogP contribution < -0.4 is 5.32 Å². The maximum atomic E-state index is 11.9. The van der Waals surface area contributed by atoms with Gasteiger partial charge in [-0.15, -0.1) is 0 Å². The van der Waals surface area contributed by atoms with Crippen LogP contribution in [0.15, 0.2) is 0 Å². The van der Waals surface area contributed by atoms with Crippen LogP contribution in [0.25, 0.3) is 0 Å². The van der Waals surface area contributed by atoms with E-state index in [2.05, 4.69) is 5.32 Å². The van der Waals surface area contributed by atoms with Crippen LogP contribution in [0, 0.1) is 0 Å². The molecule has 1 rings (SSSR count). The molecule has 5 nitrogen and oxygen atoms in total. The summed E-state index contributed by atoms with van der Waals surface area (Å²) in [5, 5.41) is 12.8. The van der Waals surface area contributed by atoms with Crippen molar-refractivity contribution in [2.75, 3.05) is 6.54 Å². The van der Waals surface area contributed by atoms with E-state index in [4.69, 9.17) is 0 Å². The Hall–Kier alpha value is -1.10. The Bertz CT molecular complexity index is 300. The van der Waals surface area contributed by atoms with Crippen molar-refractivity contribution in [3.05, 3.63) is 0 Å². The van der Waals surface area contributed by atoms with Crippen LogP contribution in [0.3, 0.4) is 0 Å². The van der Waals surface area contributed by atoms with E-state index < -0.39 is 11.6 Å². The number of carbonyl (C=O) groups is 2. The van der Waals surface area contributed by atoms with Crippen molar-refractivity contribution >= 4 is 11.9 Å². The molecular formula is C12H22N2O3. The van der Waals surface area contributed by atoms with Crippen molar-refractivity contribution in [2.45, 2.75) is 58.1 Å². The summed E-state index contributed by atoms with van der Waals surface area (Å²) in [6.45, 7) is 5.76. The molecule has 0 saturated carbocycles. The minimum Gasteiger partial charge on any atom is -0.388 e. The van der Waals surface area contributed by atoms with Crippen LogP contribution in [0.2, 0.25) is 0 Å². The third kappa shape index (κ3) is 2.97. The number of imide groups is 1. The number of hydrogen-bond donors (Lipinski definition) is 2. The second-order valence-electron chi connectivity index (χ2n) is 4.65. The summed E-state index contributed by atoms with van der Waals surface area (Å²) in [6, 6.07) is -0.792. The number of nitrogens with one attached hydrogen (secondary N) is 1. The van der Waals surface area contributed by atoms with Gasteiger partial charge in [0.15, 0.2) is 0 Å². The summed E-state index contributed by atoms with van der Waals surface area (Å²) < 4.78 is 0. The molecule has 1 aliphatic heterocycles. The van der Waals surface area contributed by atoms with Crippen LogP contribution >= 0.6 is 0 Å². The number of β-amino-alcohol motifs (C(OH)–C–C–N with tert-alkyl or cyclic N) is 1. The van der Waals surface area contributed by atoms with Gasteiger partial charge < -0.3 is 10.4 Å². The predicted molar refractivity (Wildman–Crippen MR) is 64.5 cm³/mol. The fourth-order valence-electron chi connectivity index (χ4n) is 1.98. The average Bonchev–Trinajstić information content (AvgIpc) is 2.57. The summed E-state index contributed by atoms with van der Waals surface area (Å²) in [5.74, 6) is -0.211. The third-order valence-corrected chi connectivity index (χ3v) is 3.45. The average molecular weight is 242 g/mol. The molecule has 0 aliphatic carbocycles. The third-order valence-electron chi connectivity index (χ3n) is 3.45. The van der Waals surface area contributed by atoms with Gasteiger partial charge >= 0.3 is 6.03 Å². The molecule has 0 spiro atoms. The molecule has 5 heteroatoms. The lowest BCUT2D eigenvalue weighted by molar-refractivity contribution is -0.130. The maximum absolute atomic E-state index is 11.9. The van der Waals surface area contributed by atoms with E-state index in [1.165, 1.54) is 0 Å². The molecule has 0 bridgehead atoms. The summed E-state index contributed by atoms with van der Waals surface area (Å²) in [6.07, 6.45) is 2.55. The maximum Gasteiger partial charge on any atom is 0.324 e. The van der Waals surface area contributed by atoms with Gasteiger partial charge in [0, 0.05) is 0 Å². The van der Waals surface area contributed by atoms with Crippen LogP contribution in [0.5, 0.6) is 0 Å². The highest BCUT2D eigenvalue weighted by atomic mass is 16.3. The van der Waals surface area contributed by atoms with E-state index in [1.807, 2.05) is 20.8 Å². The van der Waals surface area contributed by atoms with E-state index >= 15 is 0 Å². The van der Waals surface area contributed by atoms with Crippen molar-refractivity contribution in [1.29, 1.82) is 0 Å². The molecule has 0 aromatic carbocycles. The highest BCUT2D eigenvalue weighted by Gasteiger charge is 2.40. The second kappa shape index (κ2) is 5.49. The second-order valence-corrected chi connectivity index (χ2v) is 4.65. The number of urea groups is 1. The molecule has 98 valence electrons. The van der Waals surface area contributed by atoms with Gasteiger partial charge in [-0.05, 0) is 19.3 Å². The zero-order chi connectivity index (χ0) is 13.1. The molecule has 1 fully saturated rings.